The van der Waals surface area contributed by atoms with Crippen LogP contribution in [0.1, 0.15) is 271 Å². The monoisotopic (exact) mass is 980 g/mol. The van der Waals surface area contributed by atoms with Crippen molar-refractivity contribution in [2.24, 2.45) is 0 Å². The van der Waals surface area contributed by atoms with Crippen molar-refractivity contribution < 1.29 is 49.3 Å². The van der Waals surface area contributed by atoms with E-state index in [9.17, 15) is 35.1 Å². The highest BCUT2D eigenvalue weighted by atomic mass is 16.7. The first-order valence-electron chi connectivity index (χ1n) is 29.1. The first-order chi connectivity index (χ1) is 33.7. The molecule has 1 heterocycles. The van der Waals surface area contributed by atoms with E-state index in [0.29, 0.717) is 12.8 Å². The summed E-state index contributed by atoms with van der Waals surface area (Å²) < 4.78 is 17.6. The lowest BCUT2D eigenvalue weighted by Crippen LogP contribution is -2.61. The van der Waals surface area contributed by atoms with E-state index < -0.39 is 67.4 Å². The third-order valence-electron chi connectivity index (χ3n) is 13.9. The Balaban J connectivity index is 2.65. The van der Waals surface area contributed by atoms with Crippen LogP contribution in [0.2, 0.25) is 0 Å². The SMILES string of the molecule is CCCC/C=C\CCCCCCC(O)C(=O)NC(COC1OC(CO)C(O)C(O)C1OC(=O)CCCCCCCCCCCCCCCCCCCCC)C(O)/C=C/CCCCCCCCCCC. The Labute approximate surface area is 422 Å². The molecule has 69 heavy (non-hydrogen) atoms. The highest BCUT2D eigenvalue weighted by Gasteiger charge is 2.47. The summed E-state index contributed by atoms with van der Waals surface area (Å²) in [7, 11) is 0. The van der Waals surface area contributed by atoms with Gasteiger partial charge in [-0.25, -0.2) is 0 Å². The van der Waals surface area contributed by atoms with Crippen LogP contribution < -0.4 is 5.32 Å². The first-order valence-corrected chi connectivity index (χ1v) is 29.1. The number of esters is 1. The van der Waals surface area contributed by atoms with Crippen LogP contribution in [0.25, 0.3) is 0 Å². The number of carbonyl (C=O) groups excluding carboxylic acids is 2. The molecule has 0 aromatic heterocycles. The molecule has 1 fully saturated rings. The molecule has 406 valence electrons. The minimum Gasteiger partial charge on any atom is -0.454 e. The fraction of sp³-hybridized carbons (Fsp3) is 0.897. The maximum Gasteiger partial charge on any atom is 0.306 e. The van der Waals surface area contributed by atoms with Crippen molar-refractivity contribution in [1.82, 2.24) is 5.32 Å². The minimum absolute atomic E-state index is 0.128. The van der Waals surface area contributed by atoms with E-state index in [1.807, 2.05) is 6.08 Å². The van der Waals surface area contributed by atoms with E-state index >= 15 is 0 Å². The molecule has 0 saturated carbocycles. The number of amides is 1. The van der Waals surface area contributed by atoms with Crippen LogP contribution >= 0.6 is 0 Å². The van der Waals surface area contributed by atoms with E-state index in [2.05, 4.69) is 38.2 Å². The van der Waals surface area contributed by atoms with Crippen LogP contribution in [0, 0.1) is 0 Å². The van der Waals surface area contributed by atoms with E-state index in [1.54, 1.807) is 6.08 Å². The van der Waals surface area contributed by atoms with Crippen LogP contribution in [0.5, 0.6) is 0 Å². The number of allylic oxidation sites excluding steroid dienone is 3. The molecule has 1 saturated heterocycles. The van der Waals surface area contributed by atoms with Gasteiger partial charge >= 0.3 is 5.97 Å². The van der Waals surface area contributed by atoms with Gasteiger partial charge in [-0.1, -0.05) is 244 Å². The number of hydrogen-bond acceptors (Lipinski definition) is 10. The Bertz CT molecular complexity index is 1220. The fourth-order valence-corrected chi connectivity index (χ4v) is 9.16. The van der Waals surface area contributed by atoms with Crippen molar-refractivity contribution in [2.45, 2.75) is 320 Å². The minimum atomic E-state index is -1.61. The molecular weight excluding hydrogens is 871 g/mol. The molecule has 6 N–H and O–H groups in total. The smallest absolute Gasteiger partial charge is 0.306 e. The molecule has 11 nitrogen and oxygen atoms in total. The average molecular weight is 981 g/mol. The molecule has 8 unspecified atom stereocenters. The second kappa shape index (κ2) is 47.2. The molecule has 11 heteroatoms. The summed E-state index contributed by atoms with van der Waals surface area (Å²) >= 11 is 0. The molecule has 0 spiro atoms. The lowest BCUT2D eigenvalue weighted by molar-refractivity contribution is -0.305. The number of aliphatic hydroxyl groups is 5. The van der Waals surface area contributed by atoms with Gasteiger partial charge in [0.05, 0.1) is 25.4 Å². The molecule has 1 amide bonds. The van der Waals surface area contributed by atoms with Gasteiger partial charge in [-0.2, -0.15) is 0 Å². The Kier molecular flexibility index (Phi) is 44.5. The largest absolute Gasteiger partial charge is 0.454 e. The van der Waals surface area contributed by atoms with Gasteiger partial charge in [-0.05, 0) is 44.9 Å². The molecule has 1 aliphatic rings. The van der Waals surface area contributed by atoms with Gasteiger partial charge in [0.15, 0.2) is 12.4 Å². The highest BCUT2D eigenvalue weighted by Crippen LogP contribution is 2.26. The zero-order chi connectivity index (χ0) is 50.4. The number of carbonyl (C=O) groups is 2. The van der Waals surface area contributed by atoms with Crippen LogP contribution in [-0.2, 0) is 23.8 Å². The van der Waals surface area contributed by atoms with Gasteiger partial charge < -0.3 is 45.1 Å². The van der Waals surface area contributed by atoms with Crippen LogP contribution in [0.15, 0.2) is 24.3 Å². The van der Waals surface area contributed by atoms with Gasteiger partial charge in [0.25, 0.3) is 0 Å². The molecule has 0 aliphatic carbocycles. The van der Waals surface area contributed by atoms with Crippen LogP contribution in [0.3, 0.4) is 0 Å². The van der Waals surface area contributed by atoms with Crippen molar-refractivity contribution in [2.75, 3.05) is 13.2 Å². The molecule has 1 rings (SSSR count). The standard InChI is InChI=1S/C58H109NO10/c1-4-7-10-13-16-19-22-23-24-25-26-27-28-29-31-34-37-40-43-46-53(63)69-56-55(65)54(64)52(47-60)68-58(56)67-48-49(50(61)44-41-38-35-33-30-20-17-14-11-8-5-2)59-57(66)51(62)45-42-39-36-32-21-18-15-12-9-6-3/h15,18,41,44,49-52,54-56,58,60-62,64-65H,4-14,16-17,19-40,42-43,45-48H2,1-3H3,(H,59,66)/b18-15-,44-41+. The fourth-order valence-electron chi connectivity index (χ4n) is 9.16. The quantitative estimate of drug-likeness (QED) is 0.0196. The topological polar surface area (TPSA) is 175 Å². The van der Waals surface area contributed by atoms with Gasteiger partial charge in [0.1, 0.15) is 24.4 Å². The van der Waals surface area contributed by atoms with Gasteiger partial charge in [-0.3, -0.25) is 9.59 Å². The summed E-state index contributed by atoms with van der Waals surface area (Å²) in [4.78, 5) is 26.4. The van der Waals surface area contributed by atoms with E-state index in [-0.39, 0.29) is 19.4 Å². The Morgan fingerprint density at radius 3 is 1.45 bits per heavy atom. The summed E-state index contributed by atoms with van der Waals surface area (Å²) in [6.07, 6.45) is 42.4. The third kappa shape index (κ3) is 35.8. The lowest BCUT2D eigenvalue weighted by atomic mass is 9.99. The highest BCUT2D eigenvalue weighted by molar-refractivity contribution is 5.80. The third-order valence-corrected chi connectivity index (χ3v) is 13.9. The molecule has 0 bridgehead atoms. The molecular formula is C58H109NO10. The average Bonchev–Trinajstić information content (AvgIpc) is 3.34. The van der Waals surface area contributed by atoms with Crippen molar-refractivity contribution in [3.05, 3.63) is 24.3 Å². The number of rotatable bonds is 49. The normalized spacial score (nSPS) is 19.9. The van der Waals surface area contributed by atoms with E-state index in [1.165, 1.54) is 154 Å². The van der Waals surface area contributed by atoms with Crippen molar-refractivity contribution in [3.63, 3.8) is 0 Å². The Morgan fingerprint density at radius 1 is 0.551 bits per heavy atom. The number of nitrogens with one attached hydrogen (secondary N) is 1. The molecule has 8 atom stereocenters. The van der Waals surface area contributed by atoms with Crippen molar-refractivity contribution in [1.29, 1.82) is 0 Å². The van der Waals surface area contributed by atoms with Gasteiger partial charge in [0.2, 0.25) is 5.91 Å². The summed E-state index contributed by atoms with van der Waals surface area (Å²) in [6.45, 7) is 5.74. The van der Waals surface area contributed by atoms with Crippen LogP contribution in [0.4, 0.5) is 0 Å². The molecule has 0 radical (unpaired) electrons. The number of aliphatic hydroxyl groups excluding tert-OH is 5. The van der Waals surface area contributed by atoms with Crippen LogP contribution in [-0.4, -0.2) is 99.6 Å². The first kappa shape index (κ1) is 65.2. The van der Waals surface area contributed by atoms with Gasteiger partial charge in [0, 0.05) is 6.42 Å². The maximum atomic E-state index is 13.3. The second-order valence-corrected chi connectivity index (χ2v) is 20.4. The zero-order valence-corrected chi connectivity index (χ0v) is 44.7. The summed E-state index contributed by atoms with van der Waals surface area (Å²) in [6, 6.07) is -1.02. The predicted molar refractivity (Wildman–Crippen MR) is 283 cm³/mol. The molecule has 0 aromatic rings. The molecule has 1 aliphatic heterocycles. The molecule has 0 aromatic carbocycles. The number of hydrogen-bond donors (Lipinski definition) is 6. The lowest BCUT2D eigenvalue weighted by Gasteiger charge is -2.41. The van der Waals surface area contributed by atoms with Crippen molar-refractivity contribution in [3.8, 4) is 0 Å². The van der Waals surface area contributed by atoms with E-state index in [0.717, 1.165) is 70.6 Å². The Hall–Kier alpha value is -1.86. The number of ether oxygens (including phenoxy) is 3. The number of unbranched alkanes of at least 4 members (excludes halogenated alkanes) is 33. The predicted octanol–water partition coefficient (Wildman–Crippen LogP) is 12.9. The zero-order valence-electron chi connectivity index (χ0n) is 44.7. The van der Waals surface area contributed by atoms with Gasteiger partial charge in [-0.15, -0.1) is 0 Å². The van der Waals surface area contributed by atoms with Crippen molar-refractivity contribution >= 4 is 11.9 Å². The van der Waals surface area contributed by atoms with E-state index in [4.69, 9.17) is 14.2 Å². The summed E-state index contributed by atoms with van der Waals surface area (Å²) in [5.41, 5.74) is 0. The Morgan fingerprint density at radius 2 is 0.971 bits per heavy atom. The summed E-state index contributed by atoms with van der Waals surface area (Å²) in [5, 5.41) is 56.7. The maximum absolute atomic E-state index is 13.3. The summed E-state index contributed by atoms with van der Waals surface area (Å²) in [5.74, 6) is -1.20. The second-order valence-electron chi connectivity index (χ2n) is 20.4.